The van der Waals surface area contributed by atoms with Gasteiger partial charge >= 0.3 is 0 Å². The third kappa shape index (κ3) is 5.24. The summed E-state index contributed by atoms with van der Waals surface area (Å²) < 4.78 is 5.71. The van der Waals surface area contributed by atoms with Crippen LogP contribution in [-0.4, -0.2) is 49.7 Å². The lowest BCUT2D eigenvalue weighted by Crippen LogP contribution is -2.44. The number of hydrogen-bond acceptors (Lipinski definition) is 3. The van der Waals surface area contributed by atoms with E-state index in [4.69, 9.17) is 4.74 Å². The topological polar surface area (TPSA) is 41.6 Å². The molecule has 128 valence electrons. The Morgan fingerprint density at radius 3 is 2.68 bits per heavy atom. The molecule has 2 fully saturated rings. The van der Waals surface area contributed by atoms with E-state index in [-0.39, 0.29) is 5.91 Å². The van der Waals surface area contributed by atoms with Gasteiger partial charge in [0.15, 0.2) is 0 Å². The zero-order valence-electron chi connectivity index (χ0n) is 14.7. The zero-order valence-corrected chi connectivity index (χ0v) is 14.7. The SMILES string of the molecule is CCNC(=O)CN1CCC2(CCC(CCOC(C)C)C2)CC1. The van der Waals surface area contributed by atoms with Gasteiger partial charge in [-0.15, -0.1) is 0 Å². The average Bonchev–Trinajstić information content (AvgIpc) is 2.85. The Morgan fingerprint density at radius 2 is 2.05 bits per heavy atom. The predicted molar refractivity (Wildman–Crippen MR) is 89.8 cm³/mol. The van der Waals surface area contributed by atoms with Crippen molar-refractivity contribution >= 4 is 5.91 Å². The molecule has 2 rings (SSSR count). The van der Waals surface area contributed by atoms with Crippen LogP contribution in [0.5, 0.6) is 0 Å². The van der Waals surface area contributed by atoms with E-state index in [1.807, 2.05) is 6.92 Å². The second-order valence-electron chi connectivity index (χ2n) is 7.55. The van der Waals surface area contributed by atoms with Crippen molar-refractivity contribution in [2.24, 2.45) is 11.3 Å². The molecule has 1 N–H and O–H groups in total. The van der Waals surface area contributed by atoms with Crippen LogP contribution in [0.1, 0.15) is 59.3 Å². The summed E-state index contributed by atoms with van der Waals surface area (Å²) in [4.78, 5) is 14.0. The fourth-order valence-corrected chi connectivity index (χ4v) is 4.14. The minimum absolute atomic E-state index is 0.175. The maximum absolute atomic E-state index is 11.7. The monoisotopic (exact) mass is 310 g/mol. The summed E-state index contributed by atoms with van der Waals surface area (Å²) in [6.45, 7) is 10.6. The maximum atomic E-state index is 11.7. The number of nitrogens with zero attached hydrogens (tertiary/aromatic N) is 1. The summed E-state index contributed by atoms with van der Waals surface area (Å²) in [5.74, 6) is 1.03. The molecule has 1 aliphatic heterocycles. The first-order valence-electron chi connectivity index (χ1n) is 9.14. The number of rotatable bonds is 7. The minimum Gasteiger partial charge on any atom is -0.379 e. The maximum Gasteiger partial charge on any atom is 0.234 e. The van der Waals surface area contributed by atoms with E-state index in [1.165, 1.54) is 38.5 Å². The van der Waals surface area contributed by atoms with Crippen molar-refractivity contribution in [3.63, 3.8) is 0 Å². The molecule has 1 spiro atoms. The van der Waals surface area contributed by atoms with Crippen LogP contribution in [0.25, 0.3) is 0 Å². The third-order valence-electron chi connectivity index (χ3n) is 5.44. The van der Waals surface area contributed by atoms with Crippen LogP contribution in [0.2, 0.25) is 0 Å². The van der Waals surface area contributed by atoms with Gasteiger partial charge in [0.1, 0.15) is 0 Å². The van der Waals surface area contributed by atoms with Crippen molar-refractivity contribution in [2.45, 2.75) is 65.4 Å². The Labute approximate surface area is 136 Å². The number of amides is 1. The number of ether oxygens (including phenoxy) is 1. The van der Waals surface area contributed by atoms with Crippen molar-refractivity contribution in [3.8, 4) is 0 Å². The van der Waals surface area contributed by atoms with Gasteiger partial charge in [0, 0.05) is 13.2 Å². The van der Waals surface area contributed by atoms with Gasteiger partial charge in [0.05, 0.1) is 12.6 Å². The molecule has 0 bridgehead atoms. The van der Waals surface area contributed by atoms with Gasteiger partial charge in [-0.25, -0.2) is 0 Å². The van der Waals surface area contributed by atoms with Gasteiger partial charge in [0.2, 0.25) is 5.91 Å². The summed E-state index contributed by atoms with van der Waals surface area (Å²) in [6, 6.07) is 0. The number of piperidine rings is 1. The number of hydrogen-bond donors (Lipinski definition) is 1. The highest BCUT2D eigenvalue weighted by atomic mass is 16.5. The van der Waals surface area contributed by atoms with Gasteiger partial charge < -0.3 is 10.1 Å². The van der Waals surface area contributed by atoms with Crippen LogP contribution >= 0.6 is 0 Å². The number of nitrogens with one attached hydrogen (secondary N) is 1. The average molecular weight is 310 g/mol. The summed E-state index contributed by atoms with van der Waals surface area (Å²) in [7, 11) is 0. The van der Waals surface area contributed by atoms with E-state index in [0.29, 0.717) is 18.1 Å². The molecule has 1 unspecified atom stereocenters. The van der Waals surface area contributed by atoms with Crippen LogP contribution in [-0.2, 0) is 9.53 Å². The van der Waals surface area contributed by atoms with Crippen molar-refractivity contribution in [2.75, 3.05) is 32.8 Å². The molecule has 1 saturated carbocycles. The third-order valence-corrected chi connectivity index (χ3v) is 5.44. The lowest BCUT2D eigenvalue weighted by atomic mass is 9.76. The molecule has 1 heterocycles. The minimum atomic E-state index is 0.175. The Morgan fingerprint density at radius 1 is 1.32 bits per heavy atom. The van der Waals surface area contributed by atoms with Crippen LogP contribution in [0.3, 0.4) is 0 Å². The summed E-state index contributed by atoms with van der Waals surface area (Å²) in [5, 5.41) is 2.90. The van der Waals surface area contributed by atoms with Crippen LogP contribution < -0.4 is 5.32 Å². The molecule has 0 aromatic carbocycles. The molecule has 4 heteroatoms. The highest BCUT2D eigenvalue weighted by molar-refractivity contribution is 5.77. The predicted octanol–water partition coefficient (Wildman–Crippen LogP) is 2.82. The first-order valence-corrected chi connectivity index (χ1v) is 9.14. The first kappa shape index (κ1) is 17.7. The summed E-state index contributed by atoms with van der Waals surface area (Å²) >= 11 is 0. The number of carbonyl (C=O) groups is 1. The van der Waals surface area contributed by atoms with Gasteiger partial charge in [0.25, 0.3) is 0 Å². The molecular formula is C18H34N2O2. The first-order chi connectivity index (χ1) is 10.5. The highest BCUT2D eigenvalue weighted by Crippen LogP contribution is 2.49. The highest BCUT2D eigenvalue weighted by Gasteiger charge is 2.41. The molecule has 0 aromatic rings. The fraction of sp³-hybridized carbons (Fsp3) is 0.944. The zero-order chi connectivity index (χ0) is 16.0. The smallest absolute Gasteiger partial charge is 0.234 e. The van der Waals surface area contributed by atoms with Crippen molar-refractivity contribution < 1.29 is 9.53 Å². The Kier molecular flexibility index (Phi) is 6.69. The van der Waals surface area contributed by atoms with E-state index in [9.17, 15) is 4.79 Å². The number of likely N-dealkylation sites (tertiary alicyclic amines) is 1. The summed E-state index contributed by atoms with van der Waals surface area (Å²) in [5.41, 5.74) is 0.570. The van der Waals surface area contributed by atoms with Gasteiger partial charge in [-0.3, -0.25) is 9.69 Å². The second-order valence-corrected chi connectivity index (χ2v) is 7.55. The second kappa shape index (κ2) is 8.30. The normalized spacial score (nSPS) is 25.0. The van der Waals surface area contributed by atoms with E-state index in [0.717, 1.165) is 32.2 Å². The Balaban J connectivity index is 1.69. The van der Waals surface area contributed by atoms with Crippen LogP contribution in [0, 0.1) is 11.3 Å². The molecule has 22 heavy (non-hydrogen) atoms. The lowest BCUT2D eigenvalue weighted by Gasteiger charge is -2.39. The molecule has 1 atom stereocenters. The van der Waals surface area contributed by atoms with Crippen LogP contribution in [0.4, 0.5) is 0 Å². The fourth-order valence-electron chi connectivity index (χ4n) is 4.14. The van der Waals surface area contributed by atoms with E-state index >= 15 is 0 Å². The molecule has 2 aliphatic rings. The van der Waals surface area contributed by atoms with Crippen LogP contribution in [0.15, 0.2) is 0 Å². The largest absolute Gasteiger partial charge is 0.379 e. The van der Waals surface area contributed by atoms with E-state index < -0.39 is 0 Å². The Hall–Kier alpha value is -0.610. The van der Waals surface area contributed by atoms with E-state index in [2.05, 4.69) is 24.1 Å². The van der Waals surface area contributed by atoms with Gasteiger partial charge in [-0.05, 0) is 83.7 Å². The number of likely N-dealkylation sites (N-methyl/N-ethyl adjacent to an activating group) is 1. The molecule has 1 amide bonds. The van der Waals surface area contributed by atoms with Gasteiger partial charge in [-0.2, -0.15) is 0 Å². The van der Waals surface area contributed by atoms with Crippen molar-refractivity contribution in [1.29, 1.82) is 0 Å². The molecule has 0 aromatic heterocycles. The summed E-state index contributed by atoms with van der Waals surface area (Å²) in [6.07, 6.45) is 8.26. The van der Waals surface area contributed by atoms with Gasteiger partial charge in [-0.1, -0.05) is 0 Å². The van der Waals surface area contributed by atoms with E-state index in [1.54, 1.807) is 0 Å². The lowest BCUT2D eigenvalue weighted by molar-refractivity contribution is -0.122. The molecule has 1 aliphatic carbocycles. The molecular weight excluding hydrogens is 276 g/mol. The van der Waals surface area contributed by atoms with Crippen molar-refractivity contribution in [3.05, 3.63) is 0 Å². The standard InChI is InChI=1S/C18H34N2O2/c1-4-19-17(21)14-20-10-8-18(9-11-20)7-5-16(13-18)6-12-22-15(2)3/h15-16H,4-14H2,1-3H3,(H,19,21). The quantitative estimate of drug-likeness (QED) is 0.786. The Bertz CT molecular complexity index is 349. The number of carbonyl (C=O) groups excluding carboxylic acids is 1. The molecule has 1 saturated heterocycles. The van der Waals surface area contributed by atoms with Crippen molar-refractivity contribution in [1.82, 2.24) is 10.2 Å². The molecule has 0 radical (unpaired) electrons. The molecule has 4 nitrogen and oxygen atoms in total.